The van der Waals surface area contributed by atoms with Crippen molar-refractivity contribution in [1.82, 2.24) is 10.6 Å². The highest BCUT2D eigenvalue weighted by Gasteiger charge is 2.11. The number of aromatic hydroxyl groups is 1. The molecule has 0 heterocycles. The Morgan fingerprint density at radius 3 is 2.81 bits per heavy atom. The summed E-state index contributed by atoms with van der Waals surface area (Å²) in [4.78, 5) is 11.0. The average Bonchev–Trinajstić information content (AvgIpc) is 2.25. The Morgan fingerprint density at radius 2 is 2.25 bits per heavy atom. The Bertz CT molecular complexity index is 382. The van der Waals surface area contributed by atoms with Crippen LogP contribution in [0.25, 0.3) is 0 Å². The third-order valence-electron chi connectivity index (χ3n) is 2.30. The predicted octanol–water partition coefficient (Wildman–Crippen LogP) is 0.928. The van der Waals surface area contributed by atoms with Crippen LogP contribution in [-0.2, 0) is 4.79 Å². The minimum atomic E-state index is -0.489. The van der Waals surface area contributed by atoms with Gasteiger partial charge in [-0.2, -0.15) is 0 Å². The highest BCUT2D eigenvalue weighted by Crippen LogP contribution is 2.20. The molecule has 1 amide bonds. The zero-order chi connectivity index (χ0) is 12.1. The van der Waals surface area contributed by atoms with Gasteiger partial charge in [-0.25, -0.2) is 4.39 Å². The zero-order valence-electron chi connectivity index (χ0n) is 9.25. The molecule has 1 rings (SSSR count). The Labute approximate surface area is 93.5 Å². The van der Waals surface area contributed by atoms with E-state index in [0.717, 1.165) is 6.07 Å². The third kappa shape index (κ3) is 3.20. The molecule has 0 aromatic heterocycles. The maximum atomic E-state index is 13.4. The van der Waals surface area contributed by atoms with E-state index in [0.29, 0.717) is 5.56 Å². The molecule has 0 saturated heterocycles. The summed E-state index contributed by atoms with van der Waals surface area (Å²) < 4.78 is 13.4. The number of carbonyl (C=O) groups is 1. The van der Waals surface area contributed by atoms with Crippen LogP contribution in [0, 0.1) is 5.82 Å². The van der Waals surface area contributed by atoms with Crippen LogP contribution in [0.2, 0.25) is 0 Å². The second-order valence-electron chi connectivity index (χ2n) is 3.48. The van der Waals surface area contributed by atoms with Gasteiger partial charge in [-0.1, -0.05) is 6.07 Å². The third-order valence-corrected chi connectivity index (χ3v) is 2.30. The van der Waals surface area contributed by atoms with Crippen molar-refractivity contribution in [2.45, 2.75) is 13.0 Å². The number of halogens is 1. The van der Waals surface area contributed by atoms with Crippen molar-refractivity contribution >= 4 is 5.91 Å². The summed E-state index contributed by atoms with van der Waals surface area (Å²) in [5, 5.41) is 14.4. The molecule has 1 atom stereocenters. The normalized spacial score (nSPS) is 12.2. The summed E-state index contributed by atoms with van der Waals surface area (Å²) in [7, 11) is 1.54. The van der Waals surface area contributed by atoms with Crippen molar-refractivity contribution in [3.05, 3.63) is 29.6 Å². The summed E-state index contributed by atoms with van der Waals surface area (Å²) in [6.07, 6.45) is 0. The van der Waals surface area contributed by atoms with E-state index in [9.17, 15) is 9.18 Å². The molecule has 0 aliphatic heterocycles. The van der Waals surface area contributed by atoms with Crippen molar-refractivity contribution in [2.75, 3.05) is 13.6 Å². The summed E-state index contributed by atoms with van der Waals surface area (Å²) in [6.45, 7) is 1.87. The zero-order valence-corrected chi connectivity index (χ0v) is 9.25. The number of hydrogen-bond donors (Lipinski definition) is 3. The second-order valence-corrected chi connectivity index (χ2v) is 3.48. The first-order valence-electron chi connectivity index (χ1n) is 4.97. The fourth-order valence-corrected chi connectivity index (χ4v) is 1.31. The number of phenolic OH excluding ortho intramolecular Hbond substituents is 1. The first-order chi connectivity index (χ1) is 7.54. The van der Waals surface area contributed by atoms with Gasteiger partial charge < -0.3 is 15.7 Å². The maximum absolute atomic E-state index is 13.4. The molecule has 5 heteroatoms. The molecule has 16 heavy (non-hydrogen) atoms. The lowest BCUT2D eigenvalue weighted by molar-refractivity contribution is -0.119. The SMILES string of the molecule is CNC(=O)CNC(C)c1ccc(O)cc1F. The van der Waals surface area contributed by atoms with Gasteiger partial charge in [0.2, 0.25) is 5.91 Å². The van der Waals surface area contributed by atoms with E-state index in [1.807, 2.05) is 0 Å². The van der Waals surface area contributed by atoms with Gasteiger partial charge in [0.1, 0.15) is 11.6 Å². The lowest BCUT2D eigenvalue weighted by atomic mass is 10.1. The average molecular weight is 226 g/mol. The van der Waals surface area contributed by atoms with Gasteiger partial charge in [0.25, 0.3) is 0 Å². The molecule has 3 N–H and O–H groups in total. The van der Waals surface area contributed by atoms with Crippen LogP contribution in [0.4, 0.5) is 4.39 Å². The van der Waals surface area contributed by atoms with Crippen molar-refractivity contribution in [3.63, 3.8) is 0 Å². The van der Waals surface area contributed by atoms with E-state index < -0.39 is 5.82 Å². The number of likely N-dealkylation sites (N-methyl/N-ethyl adjacent to an activating group) is 1. The predicted molar refractivity (Wildman–Crippen MR) is 58.5 cm³/mol. The quantitative estimate of drug-likeness (QED) is 0.715. The number of hydrogen-bond acceptors (Lipinski definition) is 3. The first-order valence-corrected chi connectivity index (χ1v) is 4.97. The van der Waals surface area contributed by atoms with Crippen molar-refractivity contribution in [1.29, 1.82) is 0 Å². The molecule has 0 radical (unpaired) electrons. The standard InChI is InChI=1S/C11H15FN2O2/c1-7(14-6-11(16)13-2)9-4-3-8(15)5-10(9)12/h3-5,7,14-15H,6H2,1-2H3,(H,13,16). The number of carbonyl (C=O) groups excluding carboxylic acids is 1. The fraction of sp³-hybridized carbons (Fsp3) is 0.364. The molecule has 0 aliphatic rings. The van der Waals surface area contributed by atoms with E-state index >= 15 is 0 Å². The lowest BCUT2D eigenvalue weighted by Crippen LogP contribution is -2.33. The van der Waals surface area contributed by atoms with E-state index in [4.69, 9.17) is 5.11 Å². The molecular weight excluding hydrogens is 211 g/mol. The van der Waals surface area contributed by atoms with Gasteiger partial charge >= 0.3 is 0 Å². The fourth-order valence-electron chi connectivity index (χ4n) is 1.31. The monoisotopic (exact) mass is 226 g/mol. The van der Waals surface area contributed by atoms with Gasteiger partial charge in [0.15, 0.2) is 0 Å². The Morgan fingerprint density at radius 1 is 1.56 bits per heavy atom. The van der Waals surface area contributed by atoms with Crippen molar-refractivity contribution in [2.24, 2.45) is 0 Å². The van der Waals surface area contributed by atoms with Crippen LogP contribution in [0.1, 0.15) is 18.5 Å². The first kappa shape index (κ1) is 12.4. The summed E-state index contributed by atoms with van der Waals surface area (Å²) >= 11 is 0. The van der Waals surface area contributed by atoms with Crippen LogP contribution >= 0.6 is 0 Å². The van der Waals surface area contributed by atoms with Crippen LogP contribution < -0.4 is 10.6 Å². The van der Waals surface area contributed by atoms with Crippen molar-refractivity contribution < 1.29 is 14.3 Å². The highest BCUT2D eigenvalue weighted by molar-refractivity contribution is 5.77. The maximum Gasteiger partial charge on any atom is 0.233 e. The van der Waals surface area contributed by atoms with Crippen LogP contribution in [0.3, 0.4) is 0 Å². The molecule has 1 aromatic rings. The number of amides is 1. The molecular formula is C11H15FN2O2. The minimum Gasteiger partial charge on any atom is -0.508 e. The molecule has 0 fully saturated rings. The highest BCUT2D eigenvalue weighted by atomic mass is 19.1. The topological polar surface area (TPSA) is 61.4 Å². The Balaban J connectivity index is 2.65. The Kier molecular flexibility index (Phi) is 4.25. The molecule has 0 bridgehead atoms. The van der Waals surface area contributed by atoms with Gasteiger partial charge in [0, 0.05) is 24.7 Å². The van der Waals surface area contributed by atoms with Crippen LogP contribution in [-0.4, -0.2) is 24.6 Å². The molecule has 0 spiro atoms. The van der Waals surface area contributed by atoms with E-state index in [1.54, 1.807) is 6.92 Å². The summed E-state index contributed by atoms with van der Waals surface area (Å²) in [6, 6.07) is 3.66. The number of phenols is 1. The van der Waals surface area contributed by atoms with Crippen molar-refractivity contribution in [3.8, 4) is 5.75 Å². The van der Waals surface area contributed by atoms with E-state index in [-0.39, 0.29) is 24.2 Å². The van der Waals surface area contributed by atoms with Gasteiger partial charge in [-0.05, 0) is 13.0 Å². The smallest absolute Gasteiger partial charge is 0.233 e. The molecule has 1 aromatic carbocycles. The molecule has 0 saturated carbocycles. The van der Waals surface area contributed by atoms with E-state index in [1.165, 1.54) is 19.2 Å². The summed E-state index contributed by atoms with van der Waals surface area (Å²) in [5.74, 6) is -0.761. The van der Waals surface area contributed by atoms with Crippen LogP contribution in [0.15, 0.2) is 18.2 Å². The lowest BCUT2D eigenvalue weighted by Gasteiger charge is -2.14. The summed E-state index contributed by atoms with van der Waals surface area (Å²) in [5.41, 5.74) is 0.418. The minimum absolute atomic E-state index is 0.111. The second kappa shape index (κ2) is 5.46. The van der Waals surface area contributed by atoms with Gasteiger partial charge in [0.05, 0.1) is 6.54 Å². The number of rotatable bonds is 4. The largest absolute Gasteiger partial charge is 0.508 e. The van der Waals surface area contributed by atoms with E-state index in [2.05, 4.69) is 10.6 Å². The Hall–Kier alpha value is -1.62. The molecule has 88 valence electrons. The number of benzene rings is 1. The molecule has 0 aliphatic carbocycles. The van der Waals surface area contributed by atoms with Gasteiger partial charge in [-0.15, -0.1) is 0 Å². The molecule has 4 nitrogen and oxygen atoms in total. The van der Waals surface area contributed by atoms with Crippen LogP contribution in [0.5, 0.6) is 5.75 Å². The van der Waals surface area contributed by atoms with Gasteiger partial charge in [-0.3, -0.25) is 4.79 Å². The number of nitrogens with one attached hydrogen (secondary N) is 2. The molecule has 1 unspecified atom stereocenters.